The molecule has 0 bridgehead atoms. The van der Waals surface area contributed by atoms with Crippen LogP contribution in [0.3, 0.4) is 0 Å². The van der Waals surface area contributed by atoms with Crippen LogP contribution in [0, 0.1) is 6.92 Å². The molecule has 3 rings (SSSR count). The van der Waals surface area contributed by atoms with Crippen molar-refractivity contribution >= 4 is 29.3 Å². The van der Waals surface area contributed by atoms with Crippen molar-refractivity contribution in [2.24, 2.45) is 7.05 Å². The summed E-state index contributed by atoms with van der Waals surface area (Å²) in [6, 6.07) is 8.63. The van der Waals surface area contributed by atoms with E-state index in [4.69, 9.17) is 4.42 Å². The summed E-state index contributed by atoms with van der Waals surface area (Å²) in [6.07, 6.45) is 1.61. The van der Waals surface area contributed by atoms with Crippen LogP contribution in [0.25, 0.3) is 11.4 Å². The lowest BCUT2D eigenvalue weighted by Crippen LogP contribution is -2.21. The topological polar surface area (TPSA) is 93.3 Å². The minimum absolute atomic E-state index is 0.0839. The Bertz CT molecular complexity index is 991. The van der Waals surface area contributed by atoms with Gasteiger partial charge in [0.2, 0.25) is 5.91 Å². The van der Waals surface area contributed by atoms with E-state index in [1.54, 1.807) is 44.6 Å². The van der Waals surface area contributed by atoms with Crippen molar-refractivity contribution < 1.29 is 14.0 Å². The summed E-state index contributed by atoms with van der Waals surface area (Å²) < 4.78 is 7.14. The average molecular weight is 399 g/mol. The number of anilines is 1. The molecule has 0 saturated carbocycles. The van der Waals surface area contributed by atoms with Gasteiger partial charge in [-0.05, 0) is 37.3 Å². The fourth-order valence-corrected chi connectivity index (χ4v) is 3.28. The van der Waals surface area contributed by atoms with E-state index in [1.165, 1.54) is 16.7 Å². The number of furan rings is 1. The molecule has 1 N–H and O–H groups in total. The third kappa shape index (κ3) is 4.25. The lowest BCUT2D eigenvalue weighted by molar-refractivity contribution is -0.113. The maximum absolute atomic E-state index is 12.2. The molecule has 0 saturated heterocycles. The SMILES string of the molecule is Cc1occc1-c1nnc(SCC(=O)Nc2ccc(C(=O)N(C)C)cc2)n1C. The summed E-state index contributed by atoms with van der Waals surface area (Å²) in [6.45, 7) is 1.86. The summed E-state index contributed by atoms with van der Waals surface area (Å²) in [7, 11) is 5.24. The molecule has 146 valence electrons. The number of thioether (sulfide) groups is 1. The van der Waals surface area contributed by atoms with Crippen molar-refractivity contribution in [3.8, 4) is 11.4 Å². The van der Waals surface area contributed by atoms with Gasteiger partial charge in [0.05, 0.1) is 17.6 Å². The van der Waals surface area contributed by atoms with Crippen molar-refractivity contribution in [2.45, 2.75) is 12.1 Å². The third-order valence-electron chi connectivity index (χ3n) is 4.09. The summed E-state index contributed by atoms with van der Waals surface area (Å²) in [5, 5.41) is 11.8. The van der Waals surface area contributed by atoms with E-state index >= 15 is 0 Å². The summed E-state index contributed by atoms with van der Waals surface area (Å²) in [5.74, 6) is 1.39. The van der Waals surface area contributed by atoms with Gasteiger partial charge in [0.1, 0.15) is 5.76 Å². The number of benzene rings is 1. The van der Waals surface area contributed by atoms with E-state index in [0.717, 1.165) is 11.3 Å². The zero-order valence-electron chi connectivity index (χ0n) is 16.1. The number of nitrogens with one attached hydrogen (secondary N) is 1. The number of hydrogen-bond donors (Lipinski definition) is 1. The molecule has 2 heterocycles. The van der Waals surface area contributed by atoms with Gasteiger partial charge >= 0.3 is 0 Å². The zero-order valence-corrected chi connectivity index (χ0v) is 16.9. The summed E-state index contributed by atoms with van der Waals surface area (Å²) in [4.78, 5) is 25.6. The molecular formula is C19H21N5O3S. The molecule has 0 aliphatic carbocycles. The number of carbonyl (C=O) groups is 2. The summed E-state index contributed by atoms with van der Waals surface area (Å²) in [5.41, 5.74) is 2.07. The maximum atomic E-state index is 12.2. The predicted molar refractivity (Wildman–Crippen MR) is 107 cm³/mol. The molecule has 0 spiro atoms. The molecule has 0 unspecified atom stereocenters. The third-order valence-corrected chi connectivity index (χ3v) is 5.11. The molecule has 0 atom stereocenters. The number of hydrogen-bond acceptors (Lipinski definition) is 6. The molecule has 0 aliphatic rings. The van der Waals surface area contributed by atoms with Crippen molar-refractivity contribution in [3.05, 3.63) is 47.9 Å². The van der Waals surface area contributed by atoms with Gasteiger partial charge in [0.25, 0.3) is 5.91 Å². The molecule has 2 amide bonds. The van der Waals surface area contributed by atoms with Crippen LogP contribution < -0.4 is 5.32 Å². The quantitative estimate of drug-likeness (QED) is 0.641. The number of aromatic nitrogens is 3. The van der Waals surface area contributed by atoms with Gasteiger partial charge in [0.15, 0.2) is 11.0 Å². The van der Waals surface area contributed by atoms with Crippen LogP contribution in [0.2, 0.25) is 0 Å². The monoisotopic (exact) mass is 399 g/mol. The minimum atomic E-state index is -0.166. The van der Waals surface area contributed by atoms with Crippen LogP contribution >= 0.6 is 11.8 Å². The first-order chi connectivity index (χ1) is 13.4. The van der Waals surface area contributed by atoms with Gasteiger partial charge in [-0.25, -0.2) is 0 Å². The Morgan fingerprint density at radius 3 is 2.50 bits per heavy atom. The molecule has 1 aromatic carbocycles. The molecule has 0 fully saturated rings. The van der Waals surface area contributed by atoms with E-state index in [-0.39, 0.29) is 17.6 Å². The predicted octanol–water partition coefficient (Wildman–Crippen LogP) is 2.82. The Hall–Kier alpha value is -3.07. The van der Waals surface area contributed by atoms with E-state index in [2.05, 4.69) is 15.5 Å². The smallest absolute Gasteiger partial charge is 0.253 e. The number of rotatable bonds is 6. The first-order valence-corrected chi connectivity index (χ1v) is 9.53. The van der Waals surface area contributed by atoms with Crippen LogP contribution in [0.5, 0.6) is 0 Å². The van der Waals surface area contributed by atoms with E-state index in [1.807, 2.05) is 24.6 Å². The van der Waals surface area contributed by atoms with Gasteiger partial charge < -0.3 is 19.2 Å². The molecule has 2 aromatic heterocycles. The molecule has 8 nitrogen and oxygen atoms in total. The maximum Gasteiger partial charge on any atom is 0.253 e. The molecular weight excluding hydrogens is 378 g/mol. The van der Waals surface area contributed by atoms with Gasteiger partial charge in [-0.3, -0.25) is 9.59 Å². The fourth-order valence-electron chi connectivity index (χ4n) is 2.57. The van der Waals surface area contributed by atoms with Crippen LogP contribution in [0.1, 0.15) is 16.1 Å². The Labute approximate surface area is 166 Å². The Kier molecular flexibility index (Phi) is 5.84. The summed E-state index contributed by atoms with van der Waals surface area (Å²) >= 11 is 1.30. The van der Waals surface area contributed by atoms with Crippen LogP contribution in [0.15, 0.2) is 46.2 Å². The van der Waals surface area contributed by atoms with Crippen molar-refractivity contribution in [1.82, 2.24) is 19.7 Å². The Morgan fingerprint density at radius 1 is 1.18 bits per heavy atom. The Balaban J connectivity index is 1.59. The molecule has 0 aliphatic heterocycles. The second kappa shape index (κ2) is 8.30. The van der Waals surface area contributed by atoms with E-state index in [0.29, 0.717) is 22.2 Å². The minimum Gasteiger partial charge on any atom is -0.469 e. The van der Waals surface area contributed by atoms with Crippen molar-refractivity contribution in [1.29, 1.82) is 0 Å². The Morgan fingerprint density at radius 2 is 1.89 bits per heavy atom. The fraction of sp³-hybridized carbons (Fsp3) is 0.263. The highest BCUT2D eigenvalue weighted by Crippen LogP contribution is 2.25. The van der Waals surface area contributed by atoms with Gasteiger partial charge in [-0.1, -0.05) is 11.8 Å². The van der Waals surface area contributed by atoms with E-state index < -0.39 is 0 Å². The lowest BCUT2D eigenvalue weighted by Gasteiger charge is -2.11. The zero-order chi connectivity index (χ0) is 20.3. The van der Waals surface area contributed by atoms with Gasteiger partial charge in [-0.2, -0.15) is 0 Å². The molecule has 9 heteroatoms. The average Bonchev–Trinajstić information content (AvgIpc) is 3.25. The number of carbonyl (C=O) groups excluding carboxylic acids is 2. The normalized spacial score (nSPS) is 10.7. The van der Waals surface area contributed by atoms with Crippen LogP contribution in [-0.4, -0.2) is 51.3 Å². The highest BCUT2D eigenvalue weighted by molar-refractivity contribution is 7.99. The first kappa shape index (κ1) is 19.7. The first-order valence-electron chi connectivity index (χ1n) is 8.55. The highest BCUT2D eigenvalue weighted by Gasteiger charge is 2.16. The number of nitrogens with zero attached hydrogens (tertiary/aromatic N) is 4. The van der Waals surface area contributed by atoms with Crippen LogP contribution in [-0.2, 0) is 11.8 Å². The van der Waals surface area contributed by atoms with Crippen molar-refractivity contribution in [2.75, 3.05) is 25.2 Å². The van der Waals surface area contributed by atoms with Crippen molar-refractivity contribution in [3.63, 3.8) is 0 Å². The van der Waals surface area contributed by atoms with E-state index in [9.17, 15) is 9.59 Å². The van der Waals surface area contributed by atoms with Gasteiger partial charge in [0, 0.05) is 32.4 Å². The molecule has 0 radical (unpaired) electrons. The molecule has 3 aromatic rings. The molecule has 28 heavy (non-hydrogen) atoms. The van der Waals surface area contributed by atoms with Crippen LogP contribution in [0.4, 0.5) is 5.69 Å². The highest BCUT2D eigenvalue weighted by atomic mass is 32.2. The van der Waals surface area contributed by atoms with Gasteiger partial charge in [-0.15, -0.1) is 10.2 Å². The second-order valence-corrected chi connectivity index (χ2v) is 7.31. The standard InChI is InChI=1S/C19H21N5O3S/c1-12-15(9-10-27-12)17-21-22-19(24(17)4)28-11-16(25)20-14-7-5-13(6-8-14)18(26)23(2)3/h5-10H,11H2,1-4H3,(H,20,25). The number of aryl methyl sites for hydroxylation is 1. The lowest BCUT2D eigenvalue weighted by atomic mass is 10.2. The largest absolute Gasteiger partial charge is 0.469 e. The second-order valence-electron chi connectivity index (χ2n) is 6.37. The number of amides is 2.